The quantitative estimate of drug-likeness (QED) is 0.808. The minimum Gasteiger partial charge on any atom is -0.349 e. The van der Waals surface area contributed by atoms with Gasteiger partial charge in [-0.15, -0.1) is 0 Å². The molecule has 1 aromatic rings. The first-order valence-corrected chi connectivity index (χ1v) is 7.49. The second kappa shape index (κ2) is 5.61. The molecule has 0 bridgehead atoms. The van der Waals surface area contributed by atoms with Gasteiger partial charge in [0.05, 0.1) is 16.3 Å². The van der Waals surface area contributed by atoms with Crippen molar-refractivity contribution >= 4 is 31.9 Å². The monoisotopic (exact) mass is 320 g/mol. The number of nitrogens with two attached hydrogens (primary N) is 1. The van der Waals surface area contributed by atoms with Crippen molar-refractivity contribution in [2.45, 2.75) is 17.9 Å². The van der Waals surface area contributed by atoms with Crippen molar-refractivity contribution in [3.8, 4) is 0 Å². The van der Waals surface area contributed by atoms with E-state index < -0.39 is 10.0 Å². The van der Waals surface area contributed by atoms with Gasteiger partial charge in [-0.25, -0.2) is 13.6 Å². The first-order chi connectivity index (χ1) is 7.84. The summed E-state index contributed by atoms with van der Waals surface area (Å²) < 4.78 is 22.1. The molecule has 0 radical (unpaired) electrons. The number of rotatable bonds is 4. The highest BCUT2D eigenvalue weighted by Gasteiger charge is 2.11. The van der Waals surface area contributed by atoms with Gasteiger partial charge in [0.1, 0.15) is 0 Å². The second-order valence-electron chi connectivity index (χ2n) is 3.54. The number of benzene rings is 1. The molecule has 1 atom stereocenters. The molecule has 0 heterocycles. The molecule has 1 rings (SSSR count). The van der Waals surface area contributed by atoms with E-state index in [-0.39, 0.29) is 22.2 Å². The smallest absolute Gasteiger partial charge is 0.238 e. The SMILES string of the molecule is CC(NC(=O)CBr)c1ccc(S(N)(=O)=O)cc1. The summed E-state index contributed by atoms with van der Waals surface area (Å²) in [5, 5.41) is 7.95. The van der Waals surface area contributed by atoms with Crippen LogP contribution < -0.4 is 10.5 Å². The summed E-state index contributed by atoms with van der Waals surface area (Å²) in [5.74, 6) is -0.131. The van der Waals surface area contributed by atoms with Crippen molar-refractivity contribution < 1.29 is 13.2 Å². The van der Waals surface area contributed by atoms with Gasteiger partial charge in [0.2, 0.25) is 15.9 Å². The molecule has 1 unspecified atom stereocenters. The summed E-state index contributed by atoms with van der Waals surface area (Å²) >= 11 is 3.05. The molecule has 0 fully saturated rings. The molecule has 0 aliphatic carbocycles. The molecule has 1 amide bonds. The topological polar surface area (TPSA) is 89.3 Å². The third-order valence-corrected chi connectivity index (χ3v) is 3.65. The van der Waals surface area contributed by atoms with Crippen LogP contribution in [0.4, 0.5) is 0 Å². The van der Waals surface area contributed by atoms with E-state index in [4.69, 9.17) is 5.14 Å². The highest BCUT2D eigenvalue weighted by atomic mass is 79.9. The van der Waals surface area contributed by atoms with Gasteiger partial charge in [-0.3, -0.25) is 4.79 Å². The Morgan fingerprint density at radius 3 is 2.35 bits per heavy atom. The largest absolute Gasteiger partial charge is 0.349 e. The molecule has 0 saturated carbocycles. The van der Waals surface area contributed by atoms with Gasteiger partial charge < -0.3 is 5.32 Å². The van der Waals surface area contributed by atoms with Crippen LogP contribution in [0.3, 0.4) is 0 Å². The number of alkyl halides is 1. The fraction of sp³-hybridized carbons (Fsp3) is 0.300. The van der Waals surface area contributed by atoms with E-state index in [0.717, 1.165) is 5.56 Å². The molecule has 7 heteroatoms. The van der Waals surface area contributed by atoms with Crippen LogP contribution in [0.5, 0.6) is 0 Å². The maximum Gasteiger partial charge on any atom is 0.238 e. The highest BCUT2D eigenvalue weighted by molar-refractivity contribution is 9.09. The highest BCUT2D eigenvalue weighted by Crippen LogP contribution is 2.15. The van der Waals surface area contributed by atoms with Crippen molar-refractivity contribution in [3.63, 3.8) is 0 Å². The van der Waals surface area contributed by atoms with Gasteiger partial charge in [-0.2, -0.15) is 0 Å². The van der Waals surface area contributed by atoms with E-state index in [1.54, 1.807) is 12.1 Å². The summed E-state index contributed by atoms with van der Waals surface area (Å²) in [6.07, 6.45) is 0. The molecule has 0 spiro atoms. The zero-order valence-corrected chi connectivity index (χ0v) is 11.6. The predicted molar refractivity (Wildman–Crippen MR) is 68.2 cm³/mol. The minimum atomic E-state index is -3.67. The predicted octanol–water partition coefficient (Wildman–Crippen LogP) is 0.906. The molecule has 5 nitrogen and oxygen atoms in total. The lowest BCUT2D eigenvalue weighted by molar-refractivity contribution is -0.119. The Balaban J connectivity index is 2.84. The molecule has 0 aliphatic rings. The normalized spacial score (nSPS) is 13.1. The minimum absolute atomic E-state index is 0.0558. The number of sulfonamides is 1. The van der Waals surface area contributed by atoms with E-state index in [9.17, 15) is 13.2 Å². The molecule has 17 heavy (non-hydrogen) atoms. The average Bonchev–Trinajstić information content (AvgIpc) is 2.27. The number of carbonyl (C=O) groups excluding carboxylic acids is 1. The van der Waals surface area contributed by atoms with Crippen LogP contribution in [0, 0.1) is 0 Å². The Morgan fingerprint density at radius 1 is 1.41 bits per heavy atom. The zero-order valence-electron chi connectivity index (χ0n) is 9.18. The Kier molecular flexibility index (Phi) is 4.67. The Hall–Kier alpha value is -0.920. The average molecular weight is 321 g/mol. The summed E-state index contributed by atoms with van der Waals surface area (Å²) in [6.45, 7) is 1.81. The van der Waals surface area contributed by atoms with Crippen LogP contribution in [0.15, 0.2) is 29.2 Å². The maximum absolute atomic E-state index is 11.1. The van der Waals surface area contributed by atoms with Gasteiger partial charge in [0, 0.05) is 0 Å². The van der Waals surface area contributed by atoms with Crippen molar-refractivity contribution in [2.24, 2.45) is 5.14 Å². The van der Waals surface area contributed by atoms with E-state index in [1.165, 1.54) is 12.1 Å². The number of nitrogens with one attached hydrogen (secondary N) is 1. The molecule has 0 saturated heterocycles. The molecule has 3 N–H and O–H groups in total. The van der Waals surface area contributed by atoms with Crippen molar-refractivity contribution in [3.05, 3.63) is 29.8 Å². The van der Waals surface area contributed by atoms with Gasteiger partial charge in [-0.05, 0) is 24.6 Å². The zero-order chi connectivity index (χ0) is 13.1. The van der Waals surface area contributed by atoms with E-state index in [2.05, 4.69) is 21.2 Å². The van der Waals surface area contributed by atoms with E-state index in [1.807, 2.05) is 6.92 Å². The molecule has 1 aromatic carbocycles. The maximum atomic E-state index is 11.1. The number of hydrogen-bond acceptors (Lipinski definition) is 3. The molecular weight excluding hydrogens is 308 g/mol. The van der Waals surface area contributed by atoms with Crippen LogP contribution in [0.2, 0.25) is 0 Å². The fourth-order valence-corrected chi connectivity index (χ4v) is 1.99. The third kappa shape index (κ3) is 4.10. The molecule has 94 valence electrons. The van der Waals surface area contributed by atoms with Crippen molar-refractivity contribution in [1.29, 1.82) is 0 Å². The van der Waals surface area contributed by atoms with Crippen molar-refractivity contribution in [2.75, 3.05) is 5.33 Å². The number of halogens is 1. The van der Waals surface area contributed by atoms with Crippen LogP contribution in [-0.2, 0) is 14.8 Å². The van der Waals surface area contributed by atoms with Crippen LogP contribution >= 0.6 is 15.9 Å². The first kappa shape index (κ1) is 14.1. The van der Waals surface area contributed by atoms with Crippen molar-refractivity contribution in [1.82, 2.24) is 5.32 Å². The summed E-state index contributed by atoms with van der Waals surface area (Å²) in [5.41, 5.74) is 0.812. The Labute approximate surface area is 109 Å². The summed E-state index contributed by atoms with van der Waals surface area (Å²) in [4.78, 5) is 11.2. The number of amides is 1. The van der Waals surface area contributed by atoms with E-state index in [0.29, 0.717) is 0 Å². The van der Waals surface area contributed by atoms with Gasteiger partial charge in [0.25, 0.3) is 0 Å². The Bertz CT molecular complexity index is 499. The summed E-state index contributed by atoms with van der Waals surface area (Å²) in [7, 11) is -3.67. The molecular formula is C10H13BrN2O3S. The first-order valence-electron chi connectivity index (χ1n) is 4.82. The van der Waals surface area contributed by atoms with Gasteiger partial charge in [0.15, 0.2) is 0 Å². The van der Waals surface area contributed by atoms with Crippen LogP contribution in [0.25, 0.3) is 0 Å². The number of primary sulfonamides is 1. The Morgan fingerprint density at radius 2 is 1.94 bits per heavy atom. The second-order valence-corrected chi connectivity index (χ2v) is 5.66. The van der Waals surface area contributed by atoms with Crippen LogP contribution in [-0.4, -0.2) is 19.7 Å². The van der Waals surface area contributed by atoms with E-state index >= 15 is 0 Å². The molecule has 0 aromatic heterocycles. The fourth-order valence-electron chi connectivity index (χ4n) is 1.31. The number of carbonyl (C=O) groups is 1. The third-order valence-electron chi connectivity index (χ3n) is 2.21. The van der Waals surface area contributed by atoms with Gasteiger partial charge >= 0.3 is 0 Å². The standard InChI is InChI=1S/C10H13BrN2O3S/c1-7(13-10(14)6-11)8-2-4-9(5-3-8)17(12,15)16/h2-5,7H,6H2,1H3,(H,13,14)(H2,12,15,16). The van der Waals surface area contributed by atoms with Gasteiger partial charge in [-0.1, -0.05) is 28.1 Å². The summed E-state index contributed by atoms with van der Waals surface area (Å²) in [6, 6.07) is 5.90. The lowest BCUT2D eigenvalue weighted by atomic mass is 10.1. The lowest BCUT2D eigenvalue weighted by Gasteiger charge is -2.13. The van der Waals surface area contributed by atoms with Crippen LogP contribution in [0.1, 0.15) is 18.5 Å². The lowest BCUT2D eigenvalue weighted by Crippen LogP contribution is -2.27. The molecule has 0 aliphatic heterocycles. The number of hydrogen-bond donors (Lipinski definition) is 2.